The molecule has 7 nitrogen and oxygen atoms in total. The molecular formula is C30H23FN4O3. The summed E-state index contributed by atoms with van der Waals surface area (Å²) in [5, 5.41) is 6.37. The zero-order valence-electron chi connectivity index (χ0n) is 20.5. The van der Waals surface area contributed by atoms with Crippen molar-refractivity contribution in [2.24, 2.45) is 0 Å². The predicted octanol–water partition coefficient (Wildman–Crippen LogP) is 5.47. The predicted molar refractivity (Wildman–Crippen MR) is 141 cm³/mol. The Labute approximate surface area is 217 Å². The second kappa shape index (κ2) is 9.23. The molecule has 3 heterocycles. The molecule has 38 heavy (non-hydrogen) atoms. The van der Waals surface area contributed by atoms with Crippen LogP contribution >= 0.6 is 0 Å². The minimum absolute atomic E-state index is 0.191. The zero-order chi connectivity index (χ0) is 26.3. The van der Waals surface area contributed by atoms with Crippen molar-refractivity contribution in [1.82, 2.24) is 20.6 Å². The van der Waals surface area contributed by atoms with E-state index in [0.29, 0.717) is 39.1 Å². The van der Waals surface area contributed by atoms with Crippen molar-refractivity contribution in [3.63, 3.8) is 0 Å². The molecule has 2 aromatic carbocycles. The van der Waals surface area contributed by atoms with Crippen LogP contribution < -0.4 is 10.6 Å². The maximum atomic E-state index is 13.5. The Morgan fingerprint density at radius 3 is 2.45 bits per heavy atom. The van der Waals surface area contributed by atoms with E-state index >= 15 is 0 Å². The maximum Gasteiger partial charge on any atom is 0.255 e. The number of nitrogens with one attached hydrogen (secondary N) is 2. The third kappa shape index (κ3) is 4.20. The number of carbonyl (C=O) groups excluding carboxylic acids is 2. The molecule has 0 bridgehead atoms. The van der Waals surface area contributed by atoms with E-state index in [0.717, 1.165) is 24.1 Å². The number of rotatable bonds is 6. The van der Waals surface area contributed by atoms with E-state index in [1.807, 2.05) is 24.3 Å². The largest absolute Gasteiger partial charge is 0.454 e. The number of benzene rings is 2. The van der Waals surface area contributed by atoms with E-state index in [-0.39, 0.29) is 17.6 Å². The summed E-state index contributed by atoms with van der Waals surface area (Å²) in [4.78, 5) is 35.0. The summed E-state index contributed by atoms with van der Waals surface area (Å²) < 4.78 is 19.5. The van der Waals surface area contributed by atoms with Crippen LogP contribution in [-0.2, 0) is 5.54 Å². The van der Waals surface area contributed by atoms with Gasteiger partial charge in [-0.05, 0) is 67.4 Å². The molecular weight excluding hydrogens is 483 g/mol. The molecule has 2 amide bonds. The van der Waals surface area contributed by atoms with Crippen LogP contribution in [0.3, 0.4) is 0 Å². The van der Waals surface area contributed by atoms with Gasteiger partial charge in [0.1, 0.15) is 11.6 Å². The molecule has 0 unspecified atom stereocenters. The third-order valence-electron chi connectivity index (χ3n) is 6.81. The molecule has 0 radical (unpaired) electrons. The number of nitrogens with zero attached hydrogens (tertiary/aromatic N) is 2. The Balaban J connectivity index is 1.35. The van der Waals surface area contributed by atoms with Gasteiger partial charge >= 0.3 is 0 Å². The van der Waals surface area contributed by atoms with Gasteiger partial charge in [0.15, 0.2) is 5.58 Å². The fourth-order valence-corrected chi connectivity index (χ4v) is 4.64. The Hall–Kier alpha value is -4.85. The van der Waals surface area contributed by atoms with E-state index < -0.39 is 5.54 Å². The van der Waals surface area contributed by atoms with Crippen molar-refractivity contribution in [2.45, 2.75) is 18.4 Å². The lowest BCUT2D eigenvalue weighted by Gasteiger charge is -2.17. The molecule has 5 aromatic rings. The number of pyridine rings is 2. The number of furan rings is 1. The first kappa shape index (κ1) is 23.5. The van der Waals surface area contributed by atoms with Crippen molar-refractivity contribution in [3.05, 3.63) is 108 Å². The lowest BCUT2D eigenvalue weighted by atomic mass is 10.0. The SMILES string of the molecule is CNC(=O)c1c(-c2ccc(F)cc2)oc2cnc(-c3cccc(C(=O)NC4(c5ccccn5)CC4)c3)cc12. The molecule has 0 aliphatic heterocycles. The first-order valence-corrected chi connectivity index (χ1v) is 12.2. The maximum absolute atomic E-state index is 13.5. The van der Waals surface area contributed by atoms with Crippen LogP contribution in [-0.4, -0.2) is 28.8 Å². The summed E-state index contributed by atoms with van der Waals surface area (Å²) >= 11 is 0. The Morgan fingerprint density at radius 1 is 0.921 bits per heavy atom. The molecule has 1 aliphatic rings. The minimum Gasteiger partial charge on any atom is -0.454 e. The van der Waals surface area contributed by atoms with Crippen molar-refractivity contribution < 1.29 is 18.4 Å². The smallest absolute Gasteiger partial charge is 0.255 e. The number of halogens is 1. The van der Waals surface area contributed by atoms with E-state index in [1.54, 1.807) is 48.8 Å². The zero-order valence-corrected chi connectivity index (χ0v) is 20.5. The van der Waals surface area contributed by atoms with Gasteiger partial charge in [0.25, 0.3) is 11.8 Å². The van der Waals surface area contributed by atoms with Gasteiger partial charge in [0, 0.05) is 35.3 Å². The average molecular weight is 507 g/mol. The Morgan fingerprint density at radius 2 is 1.74 bits per heavy atom. The summed E-state index contributed by atoms with van der Waals surface area (Å²) in [7, 11) is 1.54. The molecule has 0 spiro atoms. The van der Waals surface area contributed by atoms with Gasteiger partial charge in [-0.25, -0.2) is 4.39 Å². The molecule has 3 aromatic heterocycles. The molecule has 1 fully saturated rings. The van der Waals surface area contributed by atoms with Crippen molar-refractivity contribution in [2.75, 3.05) is 7.05 Å². The first-order valence-electron chi connectivity index (χ1n) is 12.2. The van der Waals surface area contributed by atoms with Gasteiger partial charge in [-0.2, -0.15) is 0 Å². The molecule has 0 saturated heterocycles. The van der Waals surface area contributed by atoms with E-state index in [2.05, 4.69) is 20.6 Å². The number of hydrogen-bond donors (Lipinski definition) is 2. The molecule has 0 atom stereocenters. The summed E-state index contributed by atoms with van der Waals surface area (Å²) in [5.41, 5.74) is 3.55. The number of hydrogen-bond acceptors (Lipinski definition) is 5. The third-order valence-corrected chi connectivity index (χ3v) is 6.81. The van der Waals surface area contributed by atoms with Crippen LogP contribution in [0.25, 0.3) is 33.6 Å². The normalized spacial score (nSPS) is 13.7. The van der Waals surface area contributed by atoms with Crippen molar-refractivity contribution in [1.29, 1.82) is 0 Å². The number of aromatic nitrogens is 2. The molecule has 2 N–H and O–H groups in total. The number of carbonyl (C=O) groups is 2. The van der Waals surface area contributed by atoms with Crippen LogP contribution in [0.15, 0.2) is 89.6 Å². The van der Waals surface area contributed by atoms with Gasteiger partial charge < -0.3 is 15.1 Å². The van der Waals surface area contributed by atoms with Gasteiger partial charge in [-0.1, -0.05) is 18.2 Å². The lowest BCUT2D eigenvalue weighted by Crippen LogP contribution is -2.35. The Bertz CT molecular complexity index is 1680. The second-order valence-corrected chi connectivity index (χ2v) is 9.29. The van der Waals surface area contributed by atoms with Gasteiger partial charge in [0.2, 0.25) is 0 Å². The highest BCUT2D eigenvalue weighted by atomic mass is 19.1. The fraction of sp³-hybridized carbons (Fsp3) is 0.133. The van der Waals surface area contributed by atoms with E-state index in [9.17, 15) is 14.0 Å². The van der Waals surface area contributed by atoms with Crippen LogP contribution in [0.2, 0.25) is 0 Å². The van der Waals surface area contributed by atoms with Crippen LogP contribution in [0.4, 0.5) is 4.39 Å². The van der Waals surface area contributed by atoms with Gasteiger partial charge in [-0.3, -0.25) is 19.6 Å². The van der Waals surface area contributed by atoms with Crippen LogP contribution in [0.5, 0.6) is 0 Å². The second-order valence-electron chi connectivity index (χ2n) is 9.29. The summed E-state index contributed by atoms with van der Waals surface area (Å²) in [6.07, 6.45) is 4.96. The van der Waals surface area contributed by atoms with Gasteiger partial charge in [0.05, 0.1) is 28.7 Å². The standard InChI is InChI=1S/C30H23FN4O3/c1-32-29(37)26-22-16-23(34-17-24(22)38-27(26)18-8-10-21(31)11-9-18)19-5-4-6-20(15-19)28(36)35-30(12-13-30)25-7-2-3-14-33-25/h2-11,14-17H,12-13H2,1H3,(H,32,37)(H,35,36). The summed E-state index contributed by atoms with van der Waals surface area (Å²) in [5.74, 6) is -0.579. The molecule has 188 valence electrons. The Kier molecular flexibility index (Phi) is 5.72. The fourth-order valence-electron chi connectivity index (χ4n) is 4.64. The topological polar surface area (TPSA) is 97.1 Å². The molecule has 8 heteroatoms. The minimum atomic E-state index is -0.429. The van der Waals surface area contributed by atoms with Crippen LogP contribution in [0, 0.1) is 5.82 Å². The lowest BCUT2D eigenvalue weighted by molar-refractivity contribution is 0.0928. The number of fused-ring (bicyclic) bond motifs is 1. The molecule has 1 saturated carbocycles. The summed E-state index contributed by atoms with van der Waals surface area (Å²) in [6.45, 7) is 0. The number of amides is 2. The average Bonchev–Trinajstić information content (AvgIpc) is 3.64. The van der Waals surface area contributed by atoms with Gasteiger partial charge in [-0.15, -0.1) is 0 Å². The molecule has 6 rings (SSSR count). The quantitative estimate of drug-likeness (QED) is 0.318. The monoisotopic (exact) mass is 506 g/mol. The van der Waals surface area contributed by atoms with Crippen LogP contribution in [0.1, 0.15) is 39.3 Å². The van der Waals surface area contributed by atoms with E-state index in [4.69, 9.17) is 4.42 Å². The first-order chi connectivity index (χ1) is 18.5. The highest BCUT2D eigenvalue weighted by molar-refractivity contribution is 6.11. The highest BCUT2D eigenvalue weighted by Gasteiger charge is 2.47. The summed E-state index contributed by atoms with van der Waals surface area (Å²) in [6, 6.07) is 20.4. The van der Waals surface area contributed by atoms with Crippen molar-refractivity contribution in [3.8, 4) is 22.6 Å². The highest BCUT2D eigenvalue weighted by Crippen LogP contribution is 2.44. The molecule has 1 aliphatic carbocycles. The van der Waals surface area contributed by atoms with E-state index in [1.165, 1.54) is 19.2 Å². The van der Waals surface area contributed by atoms with Crippen molar-refractivity contribution >= 4 is 22.8 Å².